The quantitative estimate of drug-likeness (QED) is 0.890. The van der Waals surface area contributed by atoms with Gasteiger partial charge in [-0.05, 0) is 44.4 Å². The second-order valence-electron chi connectivity index (χ2n) is 5.64. The molecule has 0 radical (unpaired) electrons. The van der Waals surface area contributed by atoms with E-state index in [2.05, 4.69) is 16.5 Å². The van der Waals surface area contributed by atoms with Gasteiger partial charge in [0.05, 0.1) is 24.7 Å². The third-order valence-electron chi connectivity index (χ3n) is 3.99. The molecule has 0 bridgehead atoms. The minimum absolute atomic E-state index is 0.00266. The minimum atomic E-state index is 0.00266. The molecule has 0 saturated carbocycles. The maximum Gasteiger partial charge on any atom is 0.224 e. The average molecular weight is 310 g/mol. The molecule has 1 heterocycles. The van der Waals surface area contributed by atoms with Crippen molar-refractivity contribution < 1.29 is 4.79 Å². The highest BCUT2D eigenvalue weighted by Gasteiger charge is 2.13. The van der Waals surface area contributed by atoms with Crippen LogP contribution in [0.2, 0.25) is 0 Å². The lowest BCUT2D eigenvalue weighted by molar-refractivity contribution is -0.116. The van der Waals surface area contributed by atoms with Crippen molar-refractivity contribution in [2.24, 2.45) is 0 Å². The van der Waals surface area contributed by atoms with Crippen LogP contribution in [0.1, 0.15) is 35.4 Å². The van der Waals surface area contributed by atoms with E-state index >= 15 is 0 Å². The van der Waals surface area contributed by atoms with Gasteiger partial charge < -0.3 is 5.32 Å². The molecular formula is C18H22N4O. The number of benzene rings is 1. The van der Waals surface area contributed by atoms with E-state index in [9.17, 15) is 4.79 Å². The fraction of sp³-hybridized carbons (Fsp3) is 0.389. The molecule has 0 spiro atoms. The van der Waals surface area contributed by atoms with Gasteiger partial charge in [0.25, 0.3) is 0 Å². The summed E-state index contributed by atoms with van der Waals surface area (Å²) in [5, 5.41) is 16.1. The fourth-order valence-electron chi connectivity index (χ4n) is 2.63. The van der Waals surface area contributed by atoms with Gasteiger partial charge in [-0.1, -0.05) is 18.2 Å². The molecule has 0 saturated heterocycles. The monoisotopic (exact) mass is 310 g/mol. The van der Waals surface area contributed by atoms with E-state index in [0.717, 1.165) is 28.2 Å². The molecule has 1 N–H and O–H groups in total. The Hall–Kier alpha value is -2.61. The fourth-order valence-corrected chi connectivity index (χ4v) is 2.63. The zero-order valence-corrected chi connectivity index (χ0v) is 13.9. The molecule has 0 aliphatic carbocycles. The molecule has 2 aromatic rings. The summed E-state index contributed by atoms with van der Waals surface area (Å²) in [4.78, 5) is 12.2. The Bertz CT molecular complexity index is 740. The number of aryl methyl sites for hydroxylation is 3. The first-order valence-corrected chi connectivity index (χ1v) is 7.78. The summed E-state index contributed by atoms with van der Waals surface area (Å²) in [6.45, 7) is 6.51. The molecule has 0 aliphatic heterocycles. The number of carbonyl (C=O) groups is 1. The second kappa shape index (κ2) is 7.59. The van der Waals surface area contributed by atoms with Gasteiger partial charge in [-0.2, -0.15) is 10.4 Å². The van der Waals surface area contributed by atoms with Gasteiger partial charge >= 0.3 is 0 Å². The molecule has 0 aliphatic rings. The largest absolute Gasteiger partial charge is 0.326 e. The Morgan fingerprint density at radius 2 is 2.04 bits per heavy atom. The van der Waals surface area contributed by atoms with Gasteiger partial charge in [0.2, 0.25) is 5.91 Å². The van der Waals surface area contributed by atoms with E-state index in [1.807, 2.05) is 49.7 Å². The maximum atomic E-state index is 12.2. The predicted octanol–water partition coefficient (Wildman–Crippen LogP) is 3.29. The predicted molar refractivity (Wildman–Crippen MR) is 90.1 cm³/mol. The maximum absolute atomic E-state index is 12.2. The van der Waals surface area contributed by atoms with Gasteiger partial charge in [-0.25, -0.2) is 0 Å². The zero-order valence-electron chi connectivity index (χ0n) is 13.9. The lowest BCUT2D eigenvalue weighted by atomic mass is 10.1. The van der Waals surface area contributed by atoms with Crippen LogP contribution in [0.25, 0.3) is 0 Å². The molecule has 5 nitrogen and oxygen atoms in total. The van der Waals surface area contributed by atoms with Gasteiger partial charge in [-0.15, -0.1) is 0 Å². The molecule has 1 aromatic heterocycles. The lowest BCUT2D eigenvalue weighted by Crippen LogP contribution is -2.13. The first kappa shape index (κ1) is 16.8. The number of hydrogen-bond acceptors (Lipinski definition) is 3. The smallest absolute Gasteiger partial charge is 0.224 e. The molecule has 0 atom stereocenters. The first-order valence-electron chi connectivity index (χ1n) is 7.78. The summed E-state index contributed by atoms with van der Waals surface area (Å²) < 4.78 is 1.85. The van der Waals surface area contributed by atoms with E-state index < -0.39 is 0 Å². The van der Waals surface area contributed by atoms with E-state index in [0.29, 0.717) is 25.8 Å². The van der Waals surface area contributed by atoms with Crippen LogP contribution in [0.15, 0.2) is 24.3 Å². The molecule has 5 heteroatoms. The topological polar surface area (TPSA) is 70.7 Å². The molecule has 120 valence electrons. The van der Waals surface area contributed by atoms with Crippen LogP contribution in [0, 0.1) is 32.1 Å². The van der Waals surface area contributed by atoms with Gasteiger partial charge in [0.1, 0.15) is 0 Å². The number of carbonyl (C=O) groups excluding carboxylic acids is 1. The van der Waals surface area contributed by atoms with Crippen LogP contribution in [-0.2, 0) is 17.8 Å². The van der Waals surface area contributed by atoms with Crippen molar-refractivity contribution in [3.63, 3.8) is 0 Å². The summed E-state index contributed by atoms with van der Waals surface area (Å²) >= 11 is 0. The molecule has 1 aromatic carbocycles. The highest BCUT2D eigenvalue weighted by molar-refractivity contribution is 5.91. The van der Waals surface area contributed by atoms with Crippen LogP contribution in [0.3, 0.4) is 0 Å². The molecular weight excluding hydrogens is 288 g/mol. The Morgan fingerprint density at radius 3 is 2.74 bits per heavy atom. The average Bonchev–Trinajstić information content (AvgIpc) is 2.79. The first-order chi connectivity index (χ1) is 11.0. The van der Waals surface area contributed by atoms with Crippen molar-refractivity contribution in [3.8, 4) is 6.07 Å². The summed E-state index contributed by atoms with van der Waals surface area (Å²) in [5.41, 5.74) is 4.99. The van der Waals surface area contributed by atoms with Gasteiger partial charge in [0, 0.05) is 17.8 Å². The van der Waals surface area contributed by atoms with Crippen molar-refractivity contribution in [1.29, 1.82) is 5.26 Å². The van der Waals surface area contributed by atoms with Crippen LogP contribution >= 0.6 is 0 Å². The Kier molecular flexibility index (Phi) is 5.53. The number of rotatable bonds is 6. The summed E-state index contributed by atoms with van der Waals surface area (Å²) in [5.74, 6) is 0.00266. The van der Waals surface area contributed by atoms with Crippen LogP contribution < -0.4 is 5.32 Å². The number of para-hydroxylation sites is 1. The van der Waals surface area contributed by atoms with Crippen molar-refractivity contribution in [1.82, 2.24) is 9.78 Å². The third-order valence-corrected chi connectivity index (χ3v) is 3.99. The van der Waals surface area contributed by atoms with Crippen molar-refractivity contribution in [2.45, 2.75) is 46.6 Å². The molecule has 0 unspecified atom stereocenters. The van der Waals surface area contributed by atoms with Crippen LogP contribution in [0.4, 0.5) is 5.69 Å². The molecule has 2 rings (SSSR count). The van der Waals surface area contributed by atoms with Crippen LogP contribution in [0.5, 0.6) is 0 Å². The van der Waals surface area contributed by atoms with E-state index in [4.69, 9.17) is 5.26 Å². The summed E-state index contributed by atoms with van der Waals surface area (Å²) in [7, 11) is 0. The minimum Gasteiger partial charge on any atom is -0.326 e. The number of nitriles is 1. The zero-order chi connectivity index (χ0) is 16.8. The number of aromatic nitrogens is 2. The van der Waals surface area contributed by atoms with E-state index in [1.165, 1.54) is 0 Å². The highest BCUT2D eigenvalue weighted by Crippen LogP contribution is 2.17. The molecule has 23 heavy (non-hydrogen) atoms. The van der Waals surface area contributed by atoms with Gasteiger partial charge in [0.15, 0.2) is 0 Å². The Morgan fingerprint density at radius 1 is 1.30 bits per heavy atom. The summed E-state index contributed by atoms with van der Waals surface area (Å²) in [6.07, 6.45) is 1.51. The normalized spacial score (nSPS) is 10.3. The van der Waals surface area contributed by atoms with E-state index in [1.54, 1.807) is 0 Å². The SMILES string of the molecule is Cc1ccccc1NC(=O)CCc1c(C)nn(CCC#N)c1C. The number of anilines is 1. The van der Waals surface area contributed by atoms with Crippen molar-refractivity contribution in [2.75, 3.05) is 5.32 Å². The Balaban J connectivity index is 1.98. The second-order valence-corrected chi connectivity index (χ2v) is 5.64. The standard InChI is InChI=1S/C18H22N4O/c1-13-7-4-5-8-17(13)20-18(23)10-9-16-14(2)21-22(15(16)3)12-6-11-19/h4-5,7-8H,6,9-10,12H2,1-3H3,(H,20,23). The van der Waals surface area contributed by atoms with Gasteiger partial charge in [-0.3, -0.25) is 9.48 Å². The van der Waals surface area contributed by atoms with Crippen molar-refractivity contribution >= 4 is 11.6 Å². The summed E-state index contributed by atoms with van der Waals surface area (Å²) in [6, 6.07) is 9.88. The number of amides is 1. The van der Waals surface area contributed by atoms with E-state index in [-0.39, 0.29) is 5.91 Å². The number of hydrogen-bond donors (Lipinski definition) is 1. The van der Waals surface area contributed by atoms with Crippen LogP contribution in [-0.4, -0.2) is 15.7 Å². The third kappa shape index (κ3) is 4.19. The number of nitrogens with one attached hydrogen (secondary N) is 1. The highest BCUT2D eigenvalue weighted by atomic mass is 16.1. The Labute approximate surface area is 136 Å². The number of nitrogens with zero attached hydrogens (tertiary/aromatic N) is 3. The van der Waals surface area contributed by atoms with Crippen molar-refractivity contribution in [3.05, 3.63) is 46.8 Å². The lowest BCUT2D eigenvalue weighted by Gasteiger charge is -2.08. The molecule has 0 fully saturated rings. The molecule has 1 amide bonds.